The van der Waals surface area contributed by atoms with Crippen molar-refractivity contribution < 1.29 is 4.79 Å². The number of rotatable bonds is 5. The largest absolute Gasteiger partial charge is 0.338 e. The minimum Gasteiger partial charge on any atom is -0.338 e. The Morgan fingerprint density at radius 1 is 1.65 bits per heavy atom. The summed E-state index contributed by atoms with van der Waals surface area (Å²) >= 11 is 1.55. The van der Waals surface area contributed by atoms with Crippen molar-refractivity contribution in [3.8, 4) is 0 Å². The van der Waals surface area contributed by atoms with Gasteiger partial charge in [-0.05, 0) is 5.92 Å². The first-order valence-corrected chi connectivity index (χ1v) is 6.33. The number of aromatic nitrogens is 1. The summed E-state index contributed by atoms with van der Waals surface area (Å²) in [6, 6.07) is -0.407. The Hall–Kier alpha value is -0.650. The maximum Gasteiger partial charge on any atom is 0.239 e. The second-order valence-electron chi connectivity index (χ2n) is 4.03. The van der Waals surface area contributed by atoms with Gasteiger partial charge in [-0.2, -0.15) is 0 Å². The molecular formula is C11H20ClN3OS. The fraction of sp³-hybridized carbons (Fsp3) is 0.636. The third-order valence-electron chi connectivity index (χ3n) is 2.77. The van der Waals surface area contributed by atoms with E-state index in [-0.39, 0.29) is 24.2 Å². The summed E-state index contributed by atoms with van der Waals surface area (Å²) in [5, 5.41) is 2.84. The van der Waals surface area contributed by atoms with Gasteiger partial charge >= 0.3 is 0 Å². The second kappa shape index (κ2) is 7.63. The highest BCUT2D eigenvalue weighted by atomic mass is 35.5. The van der Waals surface area contributed by atoms with Crippen LogP contribution < -0.4 is 5.73 Å². The van der Waals surface area contributed by atoms with E-state index in [1.807, 2.05) is 19.2 Å². The molecule has 0 aliphatic rings. The predicted molar refractivity (Wildman–Crippen MR) is 73.3 cm³/mol. The SMILES string of the molecule is CCC(C)C(N)C(=O)N(C)Cc1nccs1.Cl. The molecule has 0 fully saturated rings. The van der Waals surface area contributed by atoms with Crippen LogP contribution in [0.4, 0.5) is 0 Å². The molecule has 6 heteroatoms. The Bertz CT molecular complexity index is 331. The van der Waals surface area contributed by atoms with Gasteiger partial charge in [-0.25, -0.2) is 4.98 Å². The van der Waals surface area contributed by atoms with Crippen LogP contribution in [0.1, 0.15) is 25.3 Å². The van der Waals surface area contributed by atoms with E-state index < -0.39 is 6.04 Å². The van der Waals surface area contributed by atoms with Gasteiger partial charge in [0.2, 0.25) is 5.91 Å². The lowest BCUT2D eigenvalue weighted by molar-refractivity contribution is -0.132. The third kappa shape index (κ3) is 4.61. The van der Waals surface area contributed by atoms with E-state index in [0.717, 1.165) is 11.4 Å². The van der Waals surface area contributed by atoms with Crippen LogP contribution in [0.2, 0.25) is 0 Å². The molecule has 1 heterocycles. The number of carbonyl (C=O) groups is 1. The van der Waals surface area contributed by atoms with Crippen LogP contribution in [-0.2, 0) is 11.3 Å². The van der Waals surface area contributed by atoms with E-state index in [1.54, 1.807) is 29.5 Å². The van der Waals surface area contributed by atoms with Crippen LogP contribution in [-0.4, -0.2) is 28.9 Å². The van der Waals surface area contributed by atoms with Crippen molar-refractivity contribution in [3.63, 3.8) is 0 Å². The Morgan fingerprint density at radius 3 is 2.76 bits per heavy atom. The molecule has 0 aliphatic heterocycles. The average Bonchev–Trinajstić information content (AvgIpc) is 2.78. The van der Waals surface area contributed by atoms with Crippen molar-refractivity contribution in [2.45, 2.75) is 32.9 Å². The van der Waals surface area contributed by atoms with E-state index in [0.29, 0.717) is 6.54 Å². The number of hydrogen-bond donors (Lipinski definition) is 1. The summed E-state index contributed by atoms with van der Waals surface area (Å²) in [6.45, 7) is 4.58. The van der Waals surface area contributed by atoms with E-state index in [2.05, 4.69) is 4.98 Å². The first-order chi connectivity index (χ1) is 7.56. The van der Waals surface area contributed by atoms with Crippen molar-refractivity contribution in [3.05, 3.63) is 16.6 Å². The predicted octanol–water partition coefficient (Wildman–Crippen LogP) is 1.90. The van der Waals surface area contributed by atoms with Crippen molar-refractivity contribution >= 4 is 29.7 Å². The molecule has 0 saturated heterocycles. The Morgan fingerprint density at radius 2 is 2.29 bits per heavy atom. The Balaban J connectivity index is 0.00000256. The zero-order valence-electron chi connectivity index (χ0n) is 10.4. The molecular weight excluding hydrogens is 258 g/mol. The molecule has 0 aliphatic carbocycles. The quantitative estimate of drug-likeness (QED) is 0.894. The number of hydrogen-bond acceptors (Lipinski definition) is 4. The lowest BCUT2D eigenvalue weighted by Gasteiger charge is -2.23. The fourth-order valence-corrected chi connectivity index (χ4v) is 2.03. The summed E-state index contributed by atoms with van der Waals surface area (Å²) in [5.41, 5.74) is 5.89. The summed E-state index contributed by atoms with van der Waals surface area (Å²) in [7, 11) is 1.77. The number of amides is 1. The Kier molecular flexibility index (Phi) is 7.34. The average molecular weight is 278 g/mol. The normalized spacial score (nSPS) is 13.6. The van der Waals surface area contributed by atoms with Gasteiger partial charge < -0.3 is 10.6 Å². The van der Waals surface area contributed by atoms with E-state index in [4.69, 9.17) is 5.73 Å². The number of nitrogens with zero attached hydrogens (tertiary/aromatic N) is 2. The van der Waals surface area contributed by atoms with Gasteiger partial charge in [0.15, 0.2) is 0 Å². The number of likely N-dealkylation sites (N-methyl/N-ethyl adjacent to an activating group) is 1. The number of thiazole rings is 1. The molecule has 1 aromatic heterocycles. The van der Waals surface area contributed by atoms with Crippen LogP contribution in [0.15, 0.2) is 11.6 Å². The molecule has 0 saturated carbocycles. The highest BCUT2D eigenvalue weighted by Crippen LogP contribution is 2.11. The second-order valence-corrected chi connectivity index (χ2v) is 5.01. The van der Waals surface area contributed by atoms with Gasteiger partial charge in [0.25, 0.3) is 0 Å². The van der Waals surface area contributed by atoms with Gasteiger partial charge in [0, 0.05) is 18.6 Å². The smallest absolute Gasteiger partial charge is 0.239 e. The summed E-state index contributed by atoms with van der Waals surface area (Å²) < 4.78 is 0. The first kappa shape index (κ1) is 16.4. The lowest BCUT2D eigenvalue weighted by Crippen LogP contribution is -2.45. The summed E-state index contributed by atoms with van der Waals surface area (Å²) in [5.74, 6) is 0.204. The number of carbonyl (C=O) groups excluding carboxylic acids is 1. The highest BCUT2D eigenvalue weighted by Gasteiger charge is 2.23. The summed E-state index contributed by atoms with van der Waals surface area (Å²) in [4.78, 5) is 17.7. The summed E-state index contributed by atoms with van der Waals surface area (Å²) in [6.07, 6.45) is 2.66. The van der Waals surface area contributed by atoms with E-state index in [9.17, 15) is 4.79 Å². The molecule has 2 atom stereocenters. The van der Waals surface area contributed by atoms with Crippen LogP contribution in [0, 0.1) is 5.92 Å². The highest BCUT2D eigenvalue weighted by molar-refractivity contribution is 7.09. The molecule has 0 spiro atoms. The molecule has 0 bridgehead atoms. The third-order valence-corrected chi connectivity index (χ3v) is 3.54. The molecule has 98 valence electrons. The maximum atomic E-state index is 11.9. The monoisotopic (exact) mass is 277 g/mol. The van der Waals surface area contributed by atoms with Gasteiger partial charge in [-0.3, -0.25) is 4.79 Å². The number of halogens is 1. The van der Waals surface area contributed by atoms with Gasteiger partial charge in [0.05, 0.1) is 12.6 Å². The zero-order chi connectivity index (χ0) is 12.1. The lowest BCUT2D eigenvalue weighted by atomic mass is 9.99. The molecule has 2 unspecified atom stereocenters. The minimum atomic E-state index is -0.407. The van der Waals surface area contributed by atoms with E-state index >= 15 is 0 Å². The fourth-order valence-electron chi connectivity index (χ4n) is 1.36. The van der Waals surface area contributed by atoms with E-state index in [1.165, 1.54) is 0 Å². The van der Waals surface area contributed by atoms with Crippen molar-refractivity contribution in [1.82, 2.24) is 9.88 Å². The maximum absolute atomic E-state index is 11.9. The van der Waals surface area contributed by atoms with Gasteiger partial charge in [-0.1, -0.05) is 20.3 Å². The van der Waals surface area contributed by atoms with Crippen molar-refractivity contribution in [1.29, 1.82) is 0 Å². The molecule has 1 rings (SSSR count). The molecule has 1 amide bonds. The molecule has 0 radical (unpaired) electrons. The van der Waals surface area contributed by atoms with Crippen molar-refractivity contribution in [2.24, 2.45) is 11.7 Å². The topological polar surface area (TPSA) is 59.2 Å². The molecule has 2 N–H and O–H groups in total. The molecule has 0 aromatic carbocycles. The van der Waals surface area contributed by atoms with Crippen LogP contribution in [0.25, 0.3) is 0 Å². The minimum absolute atomic E-state index is 0. The van der Waals surface area contributed by atoms with Crippen LogP contribution in [0.5, 0.6) is 0 Å². The number of nitrogens with two attached hydrogens (primary N) is 1. The Labute approximate surface area is 113 Å². The standard InChI is InChI=1S/C11H19N3OS.ClH/c1-4-8(2)10(12)11(15)14(3)7-9-13-5-6-16-9;/h5-6,8,10H,4,7,12H2,1-3H3;1H. The molecule has 4 nitrogen and oxygen atoms in total. The van der Waals surface area contributed by atoms with Crippen molar-refractivity contribution in [2.75, 3.05) is 7.05 Å². The first-order valence-electron chi connectivity index (χ1n) is 5.45. The molecule has 17 heavy (non-hydrogen) atoms. The van der Waals surface area contributed by atoms with Crippen LogP contribution >= 0.6 is 23.7 Å². The zero-order valence-corrected chi connectivity index (χ0v) is 12.1. The van der Waals surface area contributed by atoms with Crippen LogP contribution in [0.3, 0.4) is 0 Å². The van der Waals surface area contributed by atoms with Gasteiger partial charge in [-0.15, -0.1) is 23.7 Å². The van der Waals surface area contributed by atoms with Gasteiger partial charge in [0.1, 0.15) is 5.01 Å². The molecule has 1 aromatic rings.